The molecule has 1 rings (SSSR count). The minimum Gasteiger partial charge on any atom is -0.481 e. The minimum absolute atomic E-state index is 0.163. The number of aliphatic hydroxyl groups is 1. The fourth-order valence-corrected chi connectivity index (χ4v) is 1.05. The van der Waals surface area contributed by atoms with Crippen LogP contribution < -0.4 is 10.1 Å². The summed E-state index contributed by atoms with van der Waals surface area (Å²) < 4.78 is 4.96. The molecule has 0 aromatic carbocycles. The van der Waals surface area contributed by atoms with E-state index >= 15 is 0 Å². The van der Waals surface area contributed by atoms with Gasteiger partial charge >= 0.3 is 0 Å². The average Bonchev–Trinajstić information content (AvgIpc) is 2.18. The number of nitrogens with zero attached hydrogens (tertiary/aromatic N) is 2. The molecule has 0 aliphatic carbocycles. The highest BCUT2D eigenvalue weighted by molar-refractivity contribution is 5.37. The van der Waals surface area contributed by atoms with Crippen molar-refractivity contribution >= 4 is 5.82 Å². The van der Waals surface area contributed by atoms with Crippen LogP contribution in [0.25, 0.3) is 0 Å². The van der Waals surface area contributed by atoms with Crippen LogP contribution in [0, 0.1) is 0 Å². The zero-order valence-electron chi connectivity index (χ0n) is 8.40. The number of aliphatic hydroxyl groups excluding tert-OH is 1. The number of ether oxygens (including phenoxy) is 1. The predicted octanol–water partition coefficient (Wildman–Crippen LogP) is 0.668. The van der Waals surface area contributed by atoms with E-state index in [1.165, 1.54) is 6.33 Å². The number of methoxy groups -OCH3 is 1. The van der Waals surface area contributed by atoms with Crippen LogP contribution in [0.1, 0.15) is 13.3 Å². The standard InChI is InChI=1S/C9H15N3O2/c1-7(3-4-13)12-8-5-9(14-2)11-6-10-8/h5-7,13H,3-4H2,1-2H3,(H,10,11,12). The van der Waals surface area contributed by atoms with Gasteiger partial charge in [0.1, 0.15) is 12.1 Å². The number of aromatic nitrogens is 2. The van der Waals surface area contributed by atoms with Gasteiger partial charge in [0.2, 0.25) is 5.88 Å². The molecule has 78 valence electrons. The Bertz CT molecular complexity index is 281. The zero-order chi connectivity index (χ0) is 10.4. The van der Waals surface area contributed by atoms with Crippen LogP contribution in [0.5, 0.6) is 5.88 Å². The fraction of sp³-hybridized carbons (Fsp3) is 0.556. The molecule has 0 radical (unpaired) electrons. The van der Waals surface area contributed by atoms with E-state index in [1.54, 1.807) is 13.2 Å². The summed E-state index contributed by atoms with van der Waals surface area (Å²) in [5.74, 6) is 1.23. The van der Waals surface area contributed by atoms with E-state index in [2.05, 4.69) is 15.3 Å². The van der Waals surface area contributed by atoms with Gasteiger partial charge in [0.25, 0.3) is 0 Å². The summed E-state index contributed by atoms with van der Waals surface area (Å²) in [6.07, 6.45) is 2.12. The molecular weight excluding hydrogens is 182 g/mol. The van der Waals surface area contributed by atoms with E-state index in [0.29, 0.717) is 18.1 Å². The summed E-state index contributed by atoms with van der Waals surface area (Å²) in [5, 5.41) is 11.8. The lowest BCUT2D eigenvalue weighted by Gasteiger charge is -2.12. The van der Waals surface area contributed by atoms with Gasteiger partial charge in [-0.25, -0.2) is 9.97 Å². The quantitative estimate of drug-likeness (QED) is 0.726. The average molecular weight is 197 g/mol. The molecule has 0 aliphatic rings. The molecule has 1 unspecified atom stereocenters. The van der Waals surface area contributed by atoms with Gasteiger partial charge in [-0.1, -0.05) is 0 Å². The van der Waals surface area contributed by atoms with Crippen LogP contribution in [0.15, 0.2) is 12.4 Å². The summed E-state index contributed by atoms with van der Waals surface area (Å²) in [5.41, 5.74) is 0. The maximum atomic E-state index is 8.72. The number of hydrogen-bond donors (Lipinski definition) is 2. The first-order chi connectivity index (χ1) is 6.76. The van der Waals surface area contributed by atoms with Crippen molar-refractivity contribution in [2.75, 3.05) is 19.0 Å². The molecule has 0 amide bonds. The summed E-state index contributed by atoms with van der Waals surface area (Å²) in [4.78, 5) is 7.91. The molecule has 0 saturated carbocycles. The van der Waals surface area contributed by atoms with E-state index in [-0.39, 0.29) is 12.6 Å². The van der Waals surface area contributed by atoms with Crippen molar-refractivity contribution in [3.63, 3.8) is 0 Å². The number of nitrogens with one attached hydrogen (secondary N) is 1. The molecular formula is C9H15N3O2. The molecule has 5 nitrogen and oxygen atoms in total. The Morgan fingerprint density at radius 3 is 3.00 bits per heavy atom. The Balaban J connectivity index is 2.57. The lowest BCUT2D eigenvalue weighted by molar-refractivity contribution is 0.282. The van der Waals surface area contributed by atoms with Gasteiger partial charge in [-0.05, 0) is 13.3 Å². The number of anilines is 1. The first-order valence-electron chi connectivity index (χ1n) is 4.49. The van der Waals surface area contributed by atoms with Crippen LogP contribution in [0.4, 0.5) is 5.82 Å². The summed E-state index contributed by atoms with van der Waals surface area (Å²) in [7, 11) is 1.56. The van der Waals surface area contributed by atoms with Crippen LogP contribution >= 0.6 is 0 Å². The summed E-state index contributed by atoms with van der Waals surface area (Å²) in [6.45, 7) is 2.14. The van der Waals surface area contributed by atoms with Gasteiger partial charge < -0.3 is 15.2 Å². The zero-order valence-corrected chi connectivity index (χ0v) is 8.40. The lowest BCUT2D eigenvalue weighted by atomic mass is 10.2. The molecule has 1 atom stereocenters. The van der Waals surface area contributed by atoms with Crippen LogP contribution in [0.3, 0.4) is 0 Å². The van der Waals surface area contributed by atoms with Gasteiger partial charge in [-0.3, -0.25) is 0 Å². The van der Waals surface area contributed by atoms with Crippen LogP contribution in [-0.4, -0.2) is 34.8 Å². The highest BCUT2D eigenvalue weighted by Gasteiger charge is 2.03. The Hall–Kier alpha value is -1.36. The highest BCUT2D eigenvalue weighted by atomic mass is 16.5. The SMILES string of the molecule is COc1cc(NC(C)CCO)ncn1. The highest BCUT2D eigenvalue weighted by Crippen LogP contribution is 2.11. The van der Waals surface area contributed by atoms with Crippen molar-refractivity contribution in [1.82, 2.24) is 9.97 Å². The van der Waals surface area contributed by atoms with Gasteiger partial charge in [0.05, 0.1) is 7.11 Å². The van der Waals surface area contributed by atoms with Gasteiger partial charge in [-0.15, -0.1) is 0 Å². The molecule has 14 heavy (non-hydrogen) atoms. The van der Waals surface area contributed by atoms with Crippen LogP contribution in [-0.2, 0) is 0 Å². The summed E-state index contributed by atoms with van der Waals surface area (Å²) >= 11 is 0. The Morgan fingerprint density at radius 1 is 1.57 bits per heavy atom. The largest absolute Gasteiger partial charge is 0.481 e. The van der Waals surface area contributed by atoms with Crippen molar-refractivity contribution in [2.45, 2.75) is 19.4 Å². The molecule has 2 N–H and O–H groups in total. The first-order valence-corrected chi connectivity index (χ1v) is 4.49. The molecule has 0 bridgehead atoms. The van der Waals surface area contributed by atoms with Crippen LogP contribution in [0.2, 0.25) is 0 Å². The third-order valence-corrected chi connectivity index (χ3v) is 1.81. The van der Waals surface area contributed by atoms with E-state index in [1.807, 2.05) is 6.92 Å². The van der Waals surface area contributed by atoms with Crippen molar-refractivity contribution in [1.29, 1.82) is 0 Å². The Morgan fingerprint density at radius 2 is 2.36 bits per heavy atom. The monoisotopic (exact) mass is 197 g/mol. The second-order valence-electron chi connectivity index (χ2n) is 3.00. The molecule has 1 heterocycles. The molecule has 0 aliphatic heterocycles. The topological polar surface area (TPSA) is 67.3 Å². The maximum Gasteiger partial charge on any atom is 0.218 e. The van der Waals surface area contributed by atoms with E-state index in [9.17, 15) is 0 Å². The molecule has 0 saturated heterocycles. The molecule has 0 spiro atoms. The van der Waals surface area contributed by atoms with Crippen molar-refractivity contribution in [3.05, 3.63) is 12.4 Å². The molecule has 0 fully saturated rings. The van der Waals surface area contributed by atoms with E-state index < -0.39 is 0 Å². The molecule has 5 heteroatoms. The predicted molar refractivity (Wildman–Crippen MR) is 53.4 cm³/mol. The Kier molecular flexibility index (Phi) is 4.12. The number of rotatable bonds is 5. The fourth-order valence-electron chi connectivity index (χ4n) is 1.05. The first kappa shape index (κ1) is 10.7. The van der Waals surface area contributed by atoms with Gasteiger partial charge in [-0.2, -0.15) is 0 Å². The molecule has 1 aromatic heterocycles. The minimum atomic E-state index is 0.163. The molecule has 1 aromatic rings. The van der Waals surface area contributed by atoms with Crippen molar-refractivity contribution < 1.29 is 9.84 Å². The second kappa shape index (κ2) is 5.39. The third-order valence-electron chi connectivity index (χ3n) is 1.81. The lowest BCUT2D eigenvalue weighted by Crippen LogP contribution is -2.17. The Labute approximate surface area is 83.2 Å². The second-order valence-corrected chi connectivity index (χ2v) is 3.00. The number of hydrogen-bond acceptors (Lipinski definition) is 5. The normalized spacial score (nSPS) is 12.2. The smallest absolute Gasteiger partial charge is 0.218 e. The van der Waals surface area contributed by atoms with Crippen molar-refractivity contribution in [2.24, 2.45) is 0 Å². The third kappa shape index (κ3) is 3.18. The van der Waals surface area contributed by atoms with Crippen molar-refractivity contribution in [3.8, 4) is 5.88 Å². The van der Waals surface area contributed by atoms with E-state index in [0.717, 1.165) is 0 Å². The van der Waals surface area contributed by atoms with E-state index in [4.69, 9.17) is 9.84 Å². The maximum absolute atomic E-state index is 8.72. The van der Waals surface area contributed by atoms with Gasteiger partial charge in [0, 0.05) is 18.7 Å². The van der Waals surface area contributed by atoms with Gasteiger partial charge in [0.15, 0.2) is 0 Å². The summed E-state index contributed by atoms with van der Waals surface area (Å²) in [6, 6.07) is 1.90.